The summed E-state index contributed by atoms with van der Waals surface area (Å²) in [5.41, 5.74) is 2.97. The maximum absolute atomic E-state index is 4.44. The van der Waals surface area contributed by atoms with E-state index in [1.807, 2.05) is 26.8 Å². The molecule has 0 amide bonds. The first-order valence-corrected chi connectivity index (χ1v) is 5.79. The van der Waals surface area contributed by atoms with E-state index in [9.17, 15) is 0 Å². The molecule has 0 unspecified atom stereocenters. The second-order valence-electron chi connectivity index (χ2n) is 4.27. The van der Waals surface area contributed by atoms with Crippen molar-refractivity contribution in [3.05, 3.63) is 35.4 Å². The molecule has 0 aromatic carbocycles. The van der Waals surface area contributed by atoms with Crippen molar-refractivity contribution in [1.82, 2.24) is 9.97 Å². The normalized spacial score (nSPS) is 15.8. The fraction of sp³-hybridized carbons (Fsp3) is 0.429. The van der Waals surface area contributed by atoms with Gasteiger partial charge in [0.05, 0.1) is 17.1 Å². The number of nitrogens with zero attached hydrogens (tertiary/aromatic N) is 2. The Morgan fingerprint density at radius 1 is 1.00 bits per heavy atom. The lowest BCUT2D eigenvalue weighted by Crippen LogP contribution is -2.00. The fourth-order valence-electron chi connectivity index (χ4n) is 1.40. The SMILES string of the molecule is CC.Cc1cnc2c(n1)C=CC(C)(C)C=C2. The zero-order valence-corrected chi connectivity index (χ0v) is 10.8. The lowest BCUT2D eigenvalue weighted by Gasteiger charge is -2.11. The Bertz CT molecular complexity index is 415. The molecule has 0 bridgehead atoms. The minimum atomic E-state index is 0.0935. The molecule has 0 N–H and O–H groups in total. The molecule has 1 aromatic heterocycles. The number of fused-ring (bicyclic) bond motifs is 1. The van der Waals surface area contributed by atoms with Gasteiger partial charge in [0, 0.05) is 11.6 Å². The van der Waals surface area contributed by atoms with Crippen LogP contribution in [0.4, 0.5) is 0 Å². The topological polar surface area (TPSA) is 25.8 Å². The highest BCUT2D eigenvalue weighted by Crippen LogP contribution is 2.25. The Morgan fingerprint density at radius 2 is 1.56 bits per heavy atom. The molecule has 0 saturated carbocycles. The lowest BCUT2D eigenvalue weighted by molar-refractivity contribution is 0.633. The molecular weight excluding hydrogens is 196 g/mol. The van der Waals surface area contributed by atoms with Gasteiger partial charge in [0.2, 0.25) is 0 Å². The van der Waals surface area contributed by atoms with E-state index in [0.717, 1.165) is 17.1 Å². The van der Waals surface area contributed by atoms with E-state index in [0.29, 0.717) is 0 Å². The maximum Gasteiger partial charge on any atom is 0.0887 e. The molecule has 1 heterocycles. The molecule has 2 heteroatoms. The summed E-state index contributed by atoms with van der Waals surface area (Å²) >= 11 is 0. The summed E-state index contributed by atoms with van der Waals surface area (Å²) in [7, 11) is 0. The van der Waals surface area contributed by atoms with Gasteiger partial charge in [-0.1, -0.05) is 39.8 Å². The average Bonchev–Trinajstić information content (AvgIpc) is 2.41. The predicted molar refractivity (Wildman–Crippen MR) is 70.0 cm³/mol. The molecule has 0 saturated heterocycles. The van der Waals surface area contributed by atoms with Gasteiger partial charge in [-0.25, -0.2) is 4.98 Å². The maximum atomic E-state index is 4.44. The Labute approximate surface area is 98.1 Å². The summed E-state index contributed by atoms with van der Waals surface area (Å²) in [5.74, 6) is 0. The molecule has 1 aliphatic rings. The third-order valence-corrected chi connectivity index (χ3v) is 2.29. The molecule has 0 aliphatic heterocycles. The Kier molecular flexibility index (Phi) is 3.99. The summed E-state index contributed by atoms with van der Waals surface area (Å²) in [4.78, 5) is 8.78. The molecule has 86 valence electrons. The van der Waals surface area contributed by atoms with Crippen LogP contribution in [0.15, 0.2) is 18.3 Å². The van der Waals surface area contributed by atoms with Crippen LogP contribution in [0.2, 0.25) is 0 Å². The van der Waals surface area contributed by atoms with Crippen molar-refractivity contribution in [3.63, 3.8) is 0 Å². The largest absolute Gasteiger partial charge is 0.253 e. The fourth-order valence-corrected chi connectivity index (χ4v) is 1.40. The molecule has 0 spiro atoms. The van der Waals surface area contributed by atoms with Gasteiger partial charge in [-0.2, -0.15) is 0 Å². The Hall–Kier alpha value is -1.44. The first kappa shape index (κ1) is 12.6. The van der Waals surface area contributed by atoms with Crippen LogP contribution in [-0.2, 0) is 0 Å². The van der Waals surface area contributed by atoms with Crippen LogP contribution in [0.25, 0.3) is 12.2 Å². The van der Waals surface area contributed by atoms with Gasteiger partial charge in [0.25, 0.3) is 0 Å². The van der Waals surface area contributed by atoms with Gasteiger partial charge < -0.3 is 0 Å². The van der Waals surface area contributed by atoms with Crippen molar-refractivity contribution in [2.24, 2.45) is 5.41 Å². The molecule has 1 aliphatic carbocycles. The molecule has 0 radical (unpaired) electrons. The zero-order valence-electron chi connectivity index (χ0n) is 10.8. The highest BCUT2D eigenvalue weighted by Gasteiger charge is 2.13. The lowest BCUT2D eigenvalue weighted by atomic mass is 9.93. The van der Waals surface area contributed by atoms with Gasteiger partial charge in [-0.15, -0.1) is 0 Å². The van der Waals surface area contributed by atoms with Crippen molar-refractivity contribution in [2.75, 3.05) is 0 Å². The molecule has 2 nitrogen and oxygen atoms in total. The number of aromatic nitrogens is 2. The van der Waals surface area contributed by atoms with Crippen LogP contribution >= 0.6 is 0 Å². The van der Waals surface area contributed by atoms with Crippen molar-refractivity contribution >= 4 is 12.2 Å². The zero-order chi connectivity index (χ0) is 12.2. The smallest absolute Gasteiger partial charge is 0.0887 e. The van der Waals surface area contributed by atoms with Crippen molar-refractivity contribution < 1.29 is 0 Å². The molecule has 0 atom stereocenters. The van der Waals surface area contributed by atoms with Crippen LogP contribution in [-0.4, -0.2) is 9.97 Å². The van der Waals surface area contributed by atoms with E-state index in [-0.39, 0.29) is 5.41 Å². The molecule has 0 fully saturated rings. The standard InChI is InChI=1S/C12H14N2.C2H6/c1-9-8-13-10-4-6-12(2,3)7-5-11(10)14-9;1-2/h4-8H,1-3H3;1-2H3. The second-order valence-corrected chi connectivity index (χ2v) is 4.27. The number of hydrogen-bond donors (Lipinski definition) is 0. The third-order valence-electron chi connectivity index (χ3n) is 2.29. The third kappa shape index (κ3) is 3.02. The van der Waals surface area contributed by atoms with Gasteiger partial charge in [-0.05, 0) is 19.1 Å². The van der Waals surface area contributed by atoms with Crippen molar-refractivity contribution in [2.45, 2.75) is 34.6 Å². The van der Waals surface area contributed by atoms with Gasteiger partial charge in [0.1, 0.15) is 0 Å². The van der Waals surface area contributed by atoms with Crippen LogP contribution in [0.5, 0.6) is 0 Å². The van der Waals surface area contributed by atoms with E-state index in [1.54, 1.807) is 6.20 Å². The van der Waals surface area contributed by atoms with Crippen molar-refractivity contribution in [3.8, 4) is 0 Å². The number of rotatable bonds is 0. The van der Waals surface area contributed by atoms with E-state index < -0.39 is 0 Å². The van der Waals surface area contributed by atoms with Gasteiger partial charge in [-0.3, -0.25) is 4.98 Å². The molecule has 1 aromatic rings. The van der Waals surface area contributed by atoms with E-state index >= 15 is 0 Å². The highest BCUT2D eigenvalue weighted by atomic mass is 14.8. The molecule has 16 heavy (non-hydrogen) atoms. The van der Waals surface area contributed by atoms with Crippen LogP contribution in [0, 0.1) is 12.3 Å². The highest BCUT2D eigenvalue weighted by molar-refractivity contribution is 5.63. The number of allylic oxidation sites excluding steroid dienone is 2. The summed E-state index contributed by atoms with van der Waals surface area (Å²) in [6.45, 7) is 10.3. The first-order chi connectivity index (χ1) is 7.57. The van der Waals surface area contributed by atoms with Crippen LogP contribution in [0.1, 0.15) is 44.8 Å². The average molecular weight is 216 g/mol. The minimum absolute atomic E-state index is 0.0935. The van der Waals surface area contributed by atoms with Crippen LogP contribution in [0.3, 0.4) is 0 Å². The molecule has 2 rings (SSSR count). The summed E-state index contributed by atoms with van der Waals surface area (Å²) in [6.07, 6.45) is 10.2. The van der Waals surface area contributed by atoms with E-state index in [2.05, 4.69) is 42.0 Å². The second kappa shape index (κ2) is 5.06. The van der Waals surface area contributed by atoms with Gasteiger partial charge in [0.15, 0.2) is 0 Å². The van der Waals surface area contributed by atoms with Gasteiger partial charge >= 0.3 is 0 Å². The predicted octanol–water partition coefficient (Wildman–Crippen LogP) is 3.88. The minimum Gasteiger partial charge on any atom is -0.253 e. The summed E-state index contributed by atoms with van der Waals surface area (Å²) < 4.78 is 0. The monoisotopic (exact) mass is 216 g/mol. The quantitative estimate of drug-likeness (QED) is 0.657. The number of hydrogen-bond acceptors (Lipinski definition) is 2. The summed E-state index contributed by atoms with van der Waals surface area (Å²) in [6, 6.07) is 0. The van der Waals surface area contributed by atoms with Crippen molar-refractivity contribution in [1.29, 1.82) is 0 Å². The number of aryl methyl sites for hydroxylation is 1. The van der Waals surface area contributed by atoms with Crippen LogP contribution < -0.4 is 0 Å². The Balaban J connectivity index is 0.000000606. The van der Waals surface area contributed by atoms with E-state index in [1.165, 1.54) is 0 Å². The Morgan fingerprint density at radius 3 is 2.19 bits per heavy atom. The summed E-state index contributed by atoms with van der Waals surface area (Å²) in [5, 5.41) is 0. The molecular formula is C14H20N2. The first-order valence-electron chi connectivity index (χ1n) is 5.79. The van der Waals surface area contributed by atoms with E-state index in [4.69, 9.17) is 0 Å².